The highest BCUT2D eigenvalue weighted by Gasteiger charge is 2.10. The summed E-state index contributed by atoms with van der Waals surface area (Å²) in [6, 6.07) is 9.64. The second kappa shape index (κ2) is 7.54. The Bertz CT molecular complexity index is 219. The van der Waals surface area contributed by atoms with Crippen LogP contribution < -0.4 is 0 Å². The third-order valence-electron chi connectivity index (χ3n) is 1.84. The molecule has 0 bridgehead atoms. The van der Waals surface area contributed by atoms with Crippen LogP contribution in [-0.2, 0) is 6.42 Å². The van der Waals surface area contributed by atoms with Gasteiger partial charge in [-0.25, -0.2) is 0 Å². The molecule has 2 heteroatoms. The van der Waals surface area contributed by atoms with Crippen LogP contribution in [0, 0.1) is 0 Å². The SMILES string of the molecule is CC.CC(O)C(O)Cc1ccccc1. The number of rotatable bonds is 3. The number of hydrogen-bond donors (Lipinski definition) is 2. The van der Waals surface area contributed by atoms with Crippen molar-refractivity contribution in [1.29, 1.82) is 0 Å². The Morgan fingerprint density at radius 2 is 1.57 bits per heavy atom. The molecule has 0 heterocycles. The Kier molecular flexibility index (Phi) is 7.07. The van der Waals surface area contributed by atoms with Gasteiger partial charge in [0.15, 0.2) is 0 Å². The van der Waals surface area contributed by atoms with E-state index in [1.54, 1.807) is 6.92 Å². The normalized spacial score (nSPS) is 13.8. The van der Waals surface area contributed by atoms with Crippen LogP contribution in [0.25, 0.3) is 0 Å². The molecule has 1 aromatic carbocycles. The Morgan fingerprint density at radius 1 is 1.07 bits per heavy atom. The van der Waals surface area contributed by atoms with Crippen molar-refractivity contribution in [2.75, 3.05) is 0 Å². The zero-order chi connectivity index (χ0) is 11.0. The summed E-state index contributed by atoms with van der Waals surface area (Å²) in [6.07, 6.45) is -0.809. The van der Waals surface area contributed by atoms with E-state index >= 15 is 0 Å². The lowest BCUT2D eigenvalue weighted by molar-refractivity contribution is 0.0320. The van der Waals surface area contributed by atoms with Crippen molar-refractivity contribution in [3.63, 3.8) is 0 Å². The van der Waals surface area contributed by atoms with Crippen LogP contribution in [0.5, 0.6) is 0 Å². The molecule has 14 heavy (non-hydrogen) atoms. The molecule has 0 radical (unpaired) electrons. The molecule has 0 aliphatic rings. The summed E-state index contributed by atoms with van der Waals surface area (Å²) >= 11 is 0. The van der Waals surface area contributed by atoms with Gasteiger partial charge >= 0.3 is 0 Å². The van der Waals surface area contributed by atoms with Gasteiger partial charge in [-0.2, -0.15) is 0 Å². The number of hydrogen-bond acceptors (Lipinski definition) is 2. The summed E-state index contributed by atoms with van der Waals surface area (Å²) in [7, 11) is 0. The van der Waals surface area contributed by atoms with Crippen molar-refractivity contribution in [2.45, 2.75) is 39.4 Å². The zero-order valence-electron chi connectivity index (χ0n) is 9.14. The van der Waals surface area contributed by atoms with Crippen molar-refractivity contribution in [2.24, 2.45) is 0 Å². The van der Waals surface area contributed by atoms with Crippen molar-refractivity contribution in [1.82, 2.24) is 0 Å². The van der Waals surface area contributed by atoms with E-state index in [0.29, 0.717) is 6.42 Å². The fourth-order valence-electron chi connectivity index (χ4n) is 1.03. The number of aliphatic hydroxyl groups excluding tert-OH is 2. The quantitative estimate of drug-likeness (QED) is 0.776. The summed E-state index contributed by atoms with van der Waals surface area (Å²) < 4.78 is 0. The largest absolute Gasteiger partial charge is 0.391 e. The first-order chi connectivity index (χ1) is 6.70. The fraction of sp³-hybridized carbons (Fsp3) is 0.500. The molecule has 1 aromatic rings. The van der Waals surface area contributed by atoms with Crippen LogP contribution in [0.4, 0.5) is 0 Å². The monoisotopic (exact) mass is 196 g/mol. The molecular weight excluding hydrogens is 176 g/mol. The van der Waals surface area contributed by atoms with Gasteiger partial charge in [-0.1, -0.05) is 44.2 Å². The highest BCUT2D eigenvalue weighted by atomic mass is 16.3. The summed E-state index contributed by atoms with van der Waals surface area (Å²) in [4.78, 5) is 0. The fourth-order valence-corrected chi connectivity index (χ4v) is 1.03. The summed E-state index contributed by atoms with van der Waals surface area (Å²) in [5, 5.41) is 18.4. The van der Waals surface area contributed by atoms with E-state index in [-0.39, 0.29) is 0 Å². The predicted molar refractivity (Wildman–Crippen MR) is 59.2 cm³/mol. The maximum atomic E-state index is 9.33. The maximum Gasteiger partial charge on any atom is 0.0836 e. The van der Waals surface area contributed by atoms with Crippen LogP contribution in [0.1, 0.15) is 26.3 Å². The minimum atomic E-state index is -0.662. The van der Waals surface area contributed by atoms with Gasteiger partial charge in [-0.05, 0) is 12.5 Å². The standard InChI is InChI=1S/C10H14O2.C2H6/c1-8(11)10(12)7-9-5-3-2-4-6-9;1-2/h2-6,8,10-12H,7H2,1H3;1-2H3. The molecular formula is C12H20O2. The molecule has 2 N–H and O–H groups in total. The second-order valence-corrected chi connectivity index (χ2v) is 3.00. The molecule has 0 spiro atoms. The van der Waals surface area contributed by atoms with Crippen LogP contribution in [0.3, 0.4) is 0 Å². The van der Waals surface area contributed by atoms with Crippen LogP contribution >= 0.6 is 0 Å². The molecule has 2 unspecified atom stereocenters. The van der Waals surface area contributed by atoms with Gasteiger partial charge in [-0.15, -0.1) is 0 Å². The molecule has 2 atom stereocenters. The lowest BCUT2D eigenvalue weighted by Crippen LogP contribution is -2.24. The number of aliphatic hydroxyl groups is 2. The maximum absolute atomic E-state index is 9.33. The van der Waals surface area contributed by atoms with E-state index in [0.717, 1.165) is 5.56 Å². The molecule has 0 aliphatic heterocycles. The van der Waals surface area contributed by atoms with E-state index in [4.69, 9.17) is 5.11 Å². The lowest BCUT2D eigenvalue weighted by atomic mass is 10.1. The molecule has 0 aromatic heterocycles. The van der Waals surface area contributed by atoms with Crippen molar-refractivity contribution < 1.29 is 10.2 Å². The van der Waals surface area contributed by atoms with Gasteiger partial charge < -0.3 is 10.2 Å². The molecule has 0 amide bonds. The summed E-state index contributed by atoms with van der Waals surface area (Å²) in [5.74, 6) is 0. The zero-order valence-corrected chi connectivity index (χ0v) is 9.14. The van der Waals surface area contributed by atoms with Gasteiger partial charge in [0.1, 0.15) is 0 Å². The van der Waals surface area contributed by atoms with Crippen molar-refractivity contribution in [3.8, 4) is 0 Å². The Hall–Kier alpha value is -0.860. The van der Waals surface area contributed by atoms with E-state index in [1.165, 1.54) is 0 Å². The Labute approximate surface area is 86.2 Å². The average molecular weight is 196 g/mol. The first kappa shape index (κ1) is 13.1. The van der Waals surface area contributed by atoms with Crippen LogP contribution in [0.2, 0.25) is 0 Å². The van der Waals surface area contributed by atoms with E-state index in [1.807, 2.05) is 44.2 Å². The first-order valence-electron chi connectivity index (χ1n) is 5.10. The van der Waals surface area contributed by atoms with E-state index in [2.05, 4.69) is 0 Å². The summed E-state index contributed by atoms with van der Waals surface area (Å²) in [5.41, 5.74) is 1.05. The Morgan fingerprint density at radius 3 is 2.00 bits per heavy atom. The van der Waals surface area contributed by atoms with Crippen LogP contribution in [0.15, 0.2) is 30.3 Å². The molecule has 2 nitrogen and oxygen atoms in total. The van der Waals surface area contributed by atoms with Crippen molar-refractivity contribution in [3.05, 3.63) is 35.9 Å². The van der Waals surface area contributed by atoms with Gasteiger partial charge in [0.2, 0.25) is 0 Å². The predicted octanol–water partition coefficient (Wildman–Crippen LogP) is 2.00. The highest BCUT2D eigenvalue weighted by Crippen LogP contribution is 2.05. The van der Waals surface area contributed by atoms with Gasteiger partial charge in [0.05, 0.1) is 12.2 Å². The second-order valence-electron chi connectivity index (χ2n) is 3.00. The highest BCUT2D eigenvalue weighted by molar-refractivity contribution is 5.15. The molecule has 0 saturated carbocycles. The lowest BCUT2D eigenvalue weighted by Gasteiger charge is -2.12. The molecule has 80 valence electrons. The van der Waals surface area contributed by atoms with Crippen molar-refractivity contribution >= 4 is 0 Å². The van der Waals surface area contributed by atoms with Gasteiger partial charge in [-0.3, -0.25) is 0 Å². The van der Waals surface area contributed by atoms with Gasteiger partial charge in [0, 0.05) is 6.42 Å². The van der Waals surface area contributed by atoms with Crippen LogP contribution in [-0.4, -0.2) is 22.4 Å². The molecule has 1 rings (SSSR count). The summed E-state index contributed by atoms with van der Waals surface area (Å²) in [6.45, 7) is 5.59. The van der Waals surface area contributed by atoms with E-state index in [9.17, 15) is 5.11 Å². The minimum absolute atomic E-state index is 0.512. The molecule has 0 saturated heterocycles. The third kappa shape index (κ3) is 5.00. The smallest absolute Gasteiger partial charge is 0.0836 e. The first-order valence-corrected chi connectivity index (χ1v) is 5.10. The topological polar surface area (TPSA) is 40.5 Å². The third-order valence-corrected chi connectivity index (χ3v) is 1.84. The Balaban J connectivity index is 0.000000791. The molecule has 0 fully saturated rings. The van der Waals surface area contributed by atoms with Gasteiger partial charge in [0.25, 0.3) is 0 Å². The molecule has 0 aliphatic carbocycles. The number of benzene rings is 1. The van der Waals surface area contributed by atoms with E-state index < -0.39 is 12.2 Å². The average Bonchev–Trinajstić information content (AvgIpc) is 2.22. The minimum Gasteiger partial charge on any atom is -0.391 e.